The summed E-state index contributed by atoms with van der Waals surface area (Å²) in [7, 11) is 0. The summed E-state index contributed by atoms with van der Waals surface area (Å²) in [5.41, 5.74) is 0.955. The Morgan fingerprint density at radius 2 is 1.89 bits per heavy atom. The van der Waals surface area contributed by atoms with Crippen LogP contribution in [0.1, 0.15) is 28.9 Å². The highest BCUT2D eigenvalue weighted by Crippen LogP contribution is 2.25. The van der Waals surface area contributed by atoms with Crippen molar-refractivity contribution < 1.29 is 9.18 Å². The van der Waals surface area contributed by atoms with Gasteiger partial charge in [-0.2, -0.15) is 15.1 Å². The van der Waals surface area contributed by atoms with Crippen molar-refractivity contribution in [1.82, 2.24) is 30.4 Å². The predicted octanol–water partition coefficient (Wildman–Crippen LogP) is 3.17. The maximum absolute atomic E-state index is 14.3. The lowest BCUT2D eigenvalue weighted by Gasteiger charge is -2.33. The molecule has 0 saturated carbocycles. The highest BCUT2D eigenvalue weighted by molar-refractivity contribution is 6.31. The molecule has 36 heavy (non-hydrogen) atoms. The molecule has 2 aromatic heterocycles. The van der Waals surface area contributed by atoms with Crippen LogP contribution in [0.5, 0.6) is 0 Å². The summed E-state index contributed by atoms with van der Waals surface area (Å²) in [4.78, 5) is 26.2. The second-order valence-corrected chi connectivity index (χ2v) is 9.45. The number of H-pyrrole nitrogens is 1. The van der Waals surface area contributed by atoms with Crippen molar-refractivity contribution in [2.75, 3.05) is 54.8 Å². The van der Waals surface area contributed by atoms with Crippen LogP contribution >= 0.6 is 11.6 Å². The average molecular weight is 514 g/mol. The van der Waals surface area contributed by atoms with Gasteiger partial charge in [0.1, 0.15) is 11.6 Å². The minimum absolute atomic E-state index is 0.00489. The Kier molecular flexibility index (Phi) is 7.19. The van der Waals surface area contributed by atoms with E-state index in [1.54, 1.807) is 11.0 Å². The summed E-state index contributed by atoms with van der Waals surface area (Å²) in [6, 6.07) is 8.42. The van der Waals surface area contributed by atoms with Crippen molar-refractivity contribution in [3.8, 4) is 0 Å². The van der Waals surface area contributed by atoms with Gasteiger partial charge in [-0.25, -0.2) is 4.39 Å². The second kappa shape index (κ2) is 10.7. The van der Waals surface area contributed by atoms with Crippen molar-refractivity contribution in [2.24, 2.45) is 0 Å². The third-order valence-electron chi connectivity index (χ3n) is 6.41. The Hall–Kier alpha value is -3.44. The van der Waals surface area contributed by atoms with Crippen LogP contribution in [0.3, 0.4) is 0 Å². The van der Waals surface area contributed by atoms with Gasteiger partial charge in [-0.1, -0.05) is 17.7 Å². The first kappa shape index (κ1) is 24.3. The van der Waals surface area contributed by atoms with Gasteiger partial charge in [0.2, 0.25) is 5.95 Å². The molecule has 0 aliphatic carbocycles. The lowest BCUT2D eigenvalue weighted by atomic mass is 10.0. The highest BCUT2D eigenvalue weighted by Gasteiger charge is 2.26. The van der Waals surface area contributed by atoms with E-state index in [4.69, 9.17) is 16.6 Å². The number of hydrogen-bond acceptors (Lipinski definition) is 8. The summed E-state index contributed by atoms with van der Waals surface area (Å²) in [6.07, 6.45) is 1.38. The molecule has 0 radical (unpaired) electrons. The standard InChI is InChI=1S/C24H29ClFN9O/c1-15-13-20(33-32-15)29-19-14-21(34-11-7-27-8-12-34)31-24(30-19)28-16-5-9-35(10-6-16)23(36)17-3-2-4-18(25)22(17)26/h2-4,13-14,16,27H,5-12H2,1H3,(H3,28,29,30,31,32,33). The summed E-state index contributed by atoms with van der Waals surface area (Å²) in [6.45, 7) is 6.45. The fraction of sp³-hybridized carbons (Fsp3) is 0.417. The van der Waals surface area contributed by atoms with Gasteiger partial charge in [-0.3, -0.25) is 9.89 Å². The molecule has 1 aromatic carbocycles. The van der Waals surface area contributed by atoms with Crippen molar-refractivity contribution in [2.45, 2.75) is 25.8 Å². The van der Waals surface area contributed by atoms with E-state index in [2.05, 4.69) is 36.0 Å². The van der Waals surface area contributed by atoms with Crippen molar-refractivity contribution in [3.05, 3.63) is 52.4 Å². The van der Waals surface area contributed by atoms with Gasteiger partial charge in [0, 0.05) is 63.1 Å². The van der Waals surface area contributed by atoms with Gasteiger partial charge in [0.15, 0.2) is 11.6 Å². The largest absolute Gasteiger partial charge is 0.354 e. The second-order valence-electron chi connectivity index (χ2n) is 9.05. The molecule has 10 nitrogen and oxygen atoms in total. The molecule has 3 aromatic rings. The van der Waals surface area contributed by atoms with E-state index in [0.29, 0.717) is 43.5 Å². The van der Waals surface area contributed by atoms with E-state index in [1.165, 1.54) is 12.1 Å². The molecule has 0 spiro atoms. The van der Waals surface area contributed by atoms with E-state index in [1.807, 2.05) is 19.1 Å². The normalized spacial score (nSPS) is 16.8. The molecule has 1 amide bonds. The minimum atomic E-state index is -0.672. The molecule has 4 heterocycles. The lowest BCUT2D eigenvalue weighted by molar-refractivity contribution is 0.0713. The van der Waals surface area contributed by atoms with Crippen molar-refractivity contribution >= 4 is 40.9 Å². The predicted molar refractivity (Wildman–Crippen MR) is 138 cm³/mol. The van der Waals surface area contributed by atoms with Gasteiger partial charge in [0.25, 0.3) is 5.91 Å². The fourth-order valence-electron chi connectivity index (χ4n) is 4.48. The fourth-order valence-corrected chi connectivity index (χ4v) is 4.66. The molecule has 2 aliphatic heterocycles. The van der Waals surface area contributed by atoms with E-state index in [-0.39, 0.29) is 22.5 Å². The van der Waals surface area contributed by atoms with Crippen LogP contribution in [0, 0.1) is 12.7 Å². The molecule has 190 valence electrons. The number of anilines is 4. The zero-order valence-electron chi connectivity index (χ0n) is 20.0. The number of aromatic amines is 1. The SMILES string of the molecule is Cc1cc(Nc2cc(N3CCNCC3)nc(NC3CCN(C(=O)c4cccc(Cl)c4F)CC3)n2)n[nH]1. The van der Waals surface area contributed by atoms with Gasteiger partial charge in [-0.15, -0.1) is 0 Å². The quantitative estimate of drug-likeness (QED) is 0.397. The van der Waals surface area contributed by atoms with Crippen LogP contribution in [0.4, 0.5) is 27.8 Å². The van der Waals surface area contributed by atoms with E-state index < -0.39 is 5.82 Å². The summed E-state index contributed by atoms with van der Waals surface area (Å²) < 4.78 is 14.3. The van der Waals surface area contributed by atoms with E-state index in [9.17, 15) is 9.18 Å². The zero-order chi connectivity index (χ0) is 25.1. The number of piperidine rings is 1. The first-order valence-electron chi connectivity index (χ1n) is 12.1. The molecular weight excluding hydrogens is 485 g/mol. The Bertz CT molecular complexity index is 1220. The Morgan fingerprint density at radius 1 is 1.11 bits per heavy atom. The Labute approximate surface area is 213 Å². The Balaban J connectivity index is 1.28. The molecular formula is C24H29ClFN9O. The number of rotatable bonds is 6. The molecule has 12 heteroatoms. The molecule has 2 saturated heterocycles. The van der Waals surface area contributed by atoms with Crippen LogP contribution in [0.2, 0.25) is 5.02 Å². The van der Waals surface area contributed by atoms with Crippen LogP contribution in [0.15, 0.2) is 30.3 Å². The van der Waals surface area contributed by atoms with Crippen LogP contribution < -0.4 is 20.9 Å². The van der Waals surface area contributed by atoms with Crippen LogP contribution in [-0.4, -0.2) is 76.3 Å². The monoisotopic (exact) mass is 513 g/mol. The Morgan fingerprint density at radius 3 is 2.61 bits per heavy atom. The average Bonchev–Trinajstić information content (AvgIpc) is 3.30. The first-order valence-corrected chi connectivity index (χ1v) is 12.5. The number of nitrogens with zero attached hydrogens (tertiary/aromatic N) is 5. The third-order valence-corrected chi connectivity index (χ3v) is 6.70. The maximum Gasteiger partial charge on any atom is 0.256 e. The van der Waals surface area contributed by atoms with Gasteiger partial charge in [0.05, 0.1) is 10.6 Å². The number of aromatic nitrogens is 4. The zero-order valence-corrected chi connectivity index (χ0v) is 20.8. The molecule has 5 rings (SSSR count). The maximum atomic E-state index is 14.3. The topological polar surface area (TPSA) is 114 Å². The summed E-state index contributed by atoms with van der Waals surface area (Å²) in [5.74, 6) is 1.68. The number of likely N-dealkylation sites (tertiary alicyclic amines) is 1. The van der Waals surface area contributed by atoms with E-state index in [0.717, 1.165) is 37.7 Å². The number of aryl methyl sites for hydroxylation is 1. The number of carbonyl (C=O) groups excluding carboxylic acids is 1. The molecule has 2 aliphatic rings. The number of benzene rings is 1. The summed E-state index contributed by atoms with van der Waals surface area (Å²) in [5, 5.41) is 17.2. The molecule has 0 unspecified atom stereocenters. The summed E-state index contributed by atoms with van der Waals surface area (Å²) >= 11 is 5.86. The van der Waals surface area contributed by atoms with Crippen LogP contribution in [0.25, 0.3) is 0 Å². The van der Waals surface area contributed by atoms with Crippen molar-refractivity contribution in [3.63, 3.8) is 0 Å². The van der Waals surface area contributed by atoms with Gasteiger partial charge in [-0.05, 0) is 31.9 Å². The number of nitrogens with one attached hydrogen (secondary N) is 4. The van der Waals surface area contributed by atoms with Crippen molar-refractivity contribution in [1.29, 1.82) is 0 Å². The number of hydrogen-bond donors (Lipinski definition) is 4. The first-order chi connectivity index (χ1) is 17.5. The smallest absolute Gasteiger partial charge is 0.256 e. The van der Waals surface area contributed by atoms with Gasteiger partial charge >= 0.3 is 0 Å². The molecule has 0 bridgehead atoms. The van der Waals surface area contributed by atoms with Crippen LogP contribution in [-0.2, 0) is 0 Å². The highest BCUT2D eigenvalue weighted by atomic mass is 35.5. The third kappa shape index (κ3) is 5.52. The lowest BCUT2D eigenvalue weighted by Crippen LogP contribution is -2.44. The van der Waals surface area contributed by atoms with E-state index >= 15 is 0 Å². The number of carbonyl (C=O) groups is 1. The number of amides is 1. The molecule has 4 N–H and O–H groups in total. The van der Waals surface area contributed by atoms with Gasteiger partial charge < -0.3 is 25.8 Å². The minimum Gasteiger partial charge on any atom is -0.354 e. The number of halogens is 2. The molecule has 0 atom stereocenters. The molecule has 2 fully saturated rings. The number of piperazine rings is 1.